The number of fused-ring (bicyclic) bond motifs is 1. The lowest BCUT2D eigenvalue weighted by molar-refractivity contribution is -0.141. The zero-order valence-electron chi connectivity index (χ0n) is 13.3. The molecule has 2 saturated carbocycles. The second kappa shape index (κ2) is 9.74. The van der Waals surface area contributed by atoms with Crippen molar-refractivity contribution in [2.75, 3.05) is 5.43 Å². The molecule has 2 aliphatic rings. The van der Waals surface area contributed by atoms with E-state index >= 15 is 0 Å². The van der Waals surface area contributed by atoms with Crippen LogP contribution in [0.4, 0.5) is 5.69 Å². The Hall–Kier alpha value is -1.47. The summed E-state index contributed by atoms with van der Waals surface area (Å²) in [6, 6.07) is 5.58. The molecule has 1 aromatic carbocycles. The SMILES string of the molecule is Cc1ccc(NN)cc1Cl.Cl.O.O=C1C(=O)C2CCCCC2C1=O. The molecule has 0 aliphatic heterocycles. The van der Waals surface area contributed by atoms with Gasteiger partial charge in [0.05, 0.1) is 0 Å². The summed E-state index contributed by atoms with van der Waals surface area (Å²) in [5.74, 6) is 3.06. The third-order valence-corrected chi connectivity index (χ3v) is 4.63. The minimum Gasteiger partial charge on any atom is -0.412 e. The molecule has 3 rings (SSSR count). The molecule has 2 atom stereocenters. The maximum absolute atomic E-state index is 11.2. The molecule has 6 nitrogen and oxygen atoms in total. The number of anilines is 1. The fourth-order valence-corrected chi connectivity index (χ4v) is 3.08. The first-order chi connectivity index (χ1) is 10.5. The van der Waals surface area contributed by atoms with Crippen LogP contribution in [0, 0.1) is 18.8 Å². The second-order valence-electron chi connectivity index (χ2n) is 5.66. The van der Waals surface area contributed by atoms with Crippen molar-refractivity contribution in [1.82, 2.24) is 0 Å². The smallest absolute Gasteiger partial charge is 0.264 e. The highest BCUT2D eigenvalue weighted by Crippen LogP contribution is 2.36. The molecule has 1 aromatic rings. The number of rotatable bonds is 1. The second-order valence-corrected chi connectivity index (χ2v) is 6.07. The van der Waals surface area contributed by atoms with Crippen LogP contribution in [-0.2, 0) is 14.4 Å². The lowest BCUT2D eigenvalue weighted by Crippen LogP contribution is -2.21. The molecular formula is C16H22Cl2N2O4. The minimum absolute atomic E-state index is 0. The molecule has 5 N–H and O–H groups in total. The molecule has 0 bridgehead atoms. The van der Waals surface area contributed by atoms with E-state index in [9.17, 15) is 14.4 Å². The summed E-state index contributed by atoms with van der Waals surface area (Å²) in [6.45, 7) is 1.95. The van der Waals surface area contributed by atoms with Crippen molar-refractivity contribution in [2.45, 2.75) is 32.6 Å². The topological polar surface area (TPSA) is 121 Å². The summed E-state index contributed by atoms with van der Waals surface area (Å²) in [6.07, 6.45) is 3.43. The number of nitrogens with two attached hydrogens (primary N) is 1. The number of hydrogen-bond acceptors (Lipinski definition) is 5. The van der Waals surface area contributed by atoms with E-state index in [-0.39, 0.29) is 29.7 Å². The van der Waals surface area contributed by atoms with Crippen molar-refractivity contribution < 1.29 is 19.9 Å². The Labute approximate surface area is 151 Å². The summed E-state index contributed by atoms with van der Waals surface area (Å²) in [4.78, 5) is 33.3. The fourth-order valence-electron chi connectivity index (χ4n) is 2.90. The zero-order chi connectivity index (χ0) is 16.3. The van der Waals surface area contributed by atoms with Gasteiger partial charge >= 0.3 is 0 Å². The Kier molecular flexibility index (Phi) is 9.14. The van der Waals surface area contributed by atoms with Crippen LogP contribution in [0.3, 0.4) is 0 Å². The number of Topliss-reactive ketones (excluding diaryl/α,β-unsaturated/α-hetero) is 3. The molecule has 2 fully saturated rings. The number of nitrogens with one attached hydrogen (secondary N) is 1. The number of carbonyl (C=O) groups is 3. The first-order valence-electron chi connectivity index (χ1n) is 7.31. The lowest BCUT2D eigenvalue weighted by Gasteiger charge is -2.20. The van der Waals surface area contributed by atoms with Gasteiger partial charge in [0.25, 0.3) is 5.78 Å². The van der Waals surface area contributed by atoms with E-state index in [4.69, 9.17) is 17.4 Å². The van der Waals surface area contributed by atoms with Gasteiger partial charge < -0.3 is 10.9 Å². The van der Waals surface area contributed by atoms with Gasteiger partial charge in [-0.1, -0.05) is 30.5 Å². The summed E-state index contributed by atoms with van der Waals surface area (Å²) >= 11 is 5.80. The van der Waals surface area contributed by atoms with E-state index in [1.165, 1.54) is 0 Å². The molecule has 0 spiro atoms. The van der Waals surface area contributed by atoms with E-state index in [2.05, 4.69) is 5.43 Å². The Balaban J connectivity index is 0.000000413. The molecule has 2 aliphatic carbocycles. The molecule has 8 heteroatoms. The molecule has 134 valence electrons. The van der Waals surface area contributed by atoms with Crippen molar-refractivity contribution >= 4 is 47.0 Å². The van der Waals surface area contributed by atoms with Crippen molar-refractivity contribution in [2.24, 2.45) is 17.7 Å². The quantitative estimate of drug-likeness (QED) is 0.441. The monoisotopic (exact) mass is 376 g/mol. The van der Waals surface area contributed by atoms with E-state index in [0.29, 0.717) is 0 Å². The predicted molar refractivity (Wildman–Crippen MR) is 95.3 cm³/mol. The van der Waals surface area contributed by atoms with E-state index in [1.807, 2.05) is 19.1 Å². The van der Waals surface area contributed by atoms with Gasteiger partial charge in [-0.15, -0.1) is 12.4 Å². The number of carbonyl (C=O) groups excluding carboxylic acids is 3. The maximum Gasteiger partial charge on any atom is 0.264 e. The molecular weight excluding hydrogens is 355 g/mol. The Morgan fingerprint density at radius 3 is 2.00 bits per heavy atom. The first-order valence-corrected chi connectivity index (χ1v) is 7.68. The average molecular weight is 377 g/mol. The van der Waals surface area contributed by atoms with Crippen LogP contribution in [0.1, 0.15) is 31.2 Å². The van der Waals surface area contributed by atoms with Crippen molar-refractivity contribution in [3.05, 3.63) is 28.8 Å². The summed E-state index contributed by atoms with van der Waals surface area (Å²) in [5, 5.41) is 0.732. The van der Waals surface area contributed by atoms with Crippen LogP contribution in [0.15, 0.2) is 18.2 Å². The molecule has 0 radical (unpaired) electrons. The van der Waals surface area contributed by atoms with Crippen LogP contribution in [-0.4, -0.2) is 22.8 Å². The third-order valence-electron chi connectivity index (χ3n) is 4.23. The van der Waals surface area contributed by atoms with Crippen LogP contribution in [0.25, 0.3) is 0 Å². The van der Waals surface area contributed by atoms with Gasteiger partial charge in [0.2, 0.25) is 11.6 Å². The third kappa shape index (κ3) is 4.77. The minimum atomic E-state index is -0.744. The van der Waals surface area contributed by atoms with Gasteiger partial charge in [-0.25, -0.2) is 0 Å². The van der Waals surface area contributed by atoms with Crippen LogP contribution < -0.4 is 11.3 Å². The van der Waals surface area contributed by atoms with Gasteiger partial charge in [0.1, 0.15) is 0 Å². The highest BCUT2D eigenvalue weighted by Gasteiger charge is 2.48. The Bertz CT molecular complexity index is 596. The van der Waals surface area contributed by atoms with Crippen molar-refractivity contribution in [1.29, 1.82) is 0 Å². The number of aryl methyl sites for hydroxylation is 1. The number of hydrogen-bond donors (Lipinski definition) is 2. The predicted octanol–water partition coefficient (Wildman–Crippen LogP) is 2.04. The molecule has 2 unspecified atom stereocenters. The van der Waals surface area contributed by atoms with Gasteiger partial charge in [-0.2, -0.15) is 0 Å². The average Bonchev–Trinajstić information content (AvgIpc) is 2.76. The highest BCUT2D eigenvalue weighted by atomic mass is 35.5. The number of nitrogen functional groups attached to an aromatic ring is 1. The number of benzene rings is 1. The van der Waals surface area contributed by atoms with Gasteiger partial charge in [0, 0.05) is 22.5 Å². The van der Waals surface area contributed by atoms with Crippen LogP contribution in [0.5, 0.6) is 0 Å². The molecule has 0 aromatic heterocycles. The summed E-state index contributed by atoms with van der Waals surface area (Å²) in [5.41, 5.74) is 4.40. The number of ketones is 3. The molecule has 24 heavy (non-hydrogen) atoms. The number of hydrazine groups is 1. The van der Waals surface area contributed by atoms with Crippen LogP contribution >= 0.6 is 24.0 Å². The van der Waals surface area contributed by atoms with E-state index in [1.54, 1.807) is 6.07 Å². The normalized spacial score (nSPS) is 21.7. The fraction of sp³-hybridized carbons (Fsp3) is 0.438. The molecule has 0 heterocycles. The Morgan fingerprint density at radius 2 is 1.58 bits per heavy atom. The summed E-state index contributed by atoms with van der Waals surface area (Å²) < 4.78 is 0. The lowest BCUT2D eigenvalue weighted by atomic mass is 9.81. The number of halogens is 2. The molecule has 0 amide bonds. The summed E-state index contributed by atoms with van der Waals surface area (Å²) in [7, 11) is 0. The van der Waals surface area contributed by atoms with Crippen molar-refractivity contribution in [3.63, 3.8) is 0 Å². The van der Waals surface area contributed by atoms with E-state index in [0.717, 1.165) is 42.0 Å². The zero-order valence-corrected chi connectivity index (χ0v) is 14.9. The van der Waals surface area contributed by atoms with E-state index < -0.39 is 17.3 Å². The highest BCUT2D eigenvalue weighted by molar-refractivity contribution is 6.68. The standard InChI is InChI=1S/C9H10O3.C7H9ClN2.ClH.H2O/c10-7-5-3-1-2-4-6(5)8(11)9(7)12;1-5-2-3-6(10-9)4-7(5)8;;/h5-6H,1-4H2;2-4,10H,9H2,1H3;1H;1H2. The van der Waals surface area contributed by atoms with Crippen LogP contribution in [0.2, 0.25) is 5.02 Å². The van der Waals surface area contributed by atoms with Gasteiger partial charge in [0.15, 0.2) is 0 Å². The Morgan fingerprint density at radius 1 is 1.08 bits per heavy atom. The van der Waals surface area contributed by atoms with Crippen molar-refractivity contribution in [3.8, 4) is 0 Å². The molecule has 0 saturated heterocycles. The van der Waals surface area contributed by atoms with Gasteiger partial charge in [-0.05, 0) is 37.5 Å². The largest absolute Gasteiger partial charge is 0.412 e. The first kappa shape index (κ1) is 22.5. The van der Waals surface area contributed by atoms with Gasteiger partial charge in [-0.3, -0.25) is 20.2 Å². The maximum atomic E-state index is 11.2.